The maximum atomic E-state index is 13.5. The Bertz CT molecular complexity index is 1230. The minimum Gasteiger partial charge on any atom is -0.489 e. The van der Waals surface area contributed by atoms with Crippen LogP contribution in [-0.4, -0.2) is 49.7 Å². The number of rotatable bonds is 10. The number of hydrogen-bond donors (Lipinski definition) is 1. The van der Waals surface area contributed by atoms with Crippen molar-refractivity contribution in [3.8, 4) is 11.5 Å². The van der Waals surface area contributed by atoms with Crippen LogP contribution in [0.3, 0.4) is 0 Å². The second-order valence-electron chi connectivity index (χ2n) is 8.23. The van der Waals surface area contributed by atoms with Gasteiger partial charge in [-0.25, -0.2) is 0 Å². The molecule has 0 saturated carbocycles. The summed E-state index contributed by atoms with van der Waals surface area (Å²) in [5, 5.41) is 1.91. The molecular weight excluding hydrogens is 502 g/mol. The lowest BCUT2D eigenvalue weighted by molar-refractivity contribution is 0.191. The zero-order valence-corrected chi connectivity index (χ0v) is 22.7. The molecule has 186 valence electrons. The van der Waals surface area contributed by atoms with Crippen LogP contribution in [0.1, 0.15) is 23.4 Å². The lowest BCUT2D eigenvalue weighted by Crippen LogP contribution is -2.19. The third-order valence-corrected chi connectivity index (χ3v) is 9.34. The number of benzene rings is 3. The van der Waals surface area contributed by atoms with Gasteiger partial charge in [-0.15, -0.1) is 0 Å². The van der Waals surface area contributed by atoms with E-state index in [9.17, 15) is 4.57 Å². The molecule has 7 nitrogen and oxygen atoms in total. The summed E-state index contributed by atoms with van der Waals surface area (Å²) in [6, 6.07) is 18.8. The van der Waals surface area contributed by atoms with Crippen LogP contribution >= 0.6 is 28.5 Å². The molecule has 0 spiro atoms. The molecule has 2 N–H and O–H groups in total. The molecule has 35 heavy (non-hydrogen) atoms. The number of nitrogens with two attached hydrogens (primary N) is 1. The van der Waals surface area contributed by atoms with E-state index in [4.69, 9.17) is 36.5 Å². The first-order valence-corrected chi connectivity index (χ1v) is 14.7. The van der Waals surface area contributed by atoms with Gasteiger partial charge in [-0.3, -0.25) is 9.24 Å². The van der Waals surface area contributed by atoms with Gasteiger partial charge in [0.1, 0.15) is 22.6 Å². The fourth-order valence-electron chi connectivity index (χ4n) is 4.09. The van der Waals surface area contributed by atoms with E-state index in [1.807, 2.05) is 60.7 Å². The Hall–Kier alpha value is -2.05. The molecule has 4 rings (SSSR count). The first-order chi connectivity index (χ1) is 16.8. The van der Waals surface area contributed by atoms with E-state index in [-0.39, 0.29) is 6.10 Å². The molecule has 3 aromatic rings. The van der Waals surface area contributed by atoms with E-state index in [0.29, 0.717) is 16.3 Å². The van der Waals surface area contributed by atoms with Crippen LogP contribution in [0, 0.1) is 0 Å². The average Bonchev–Trinajstić information content (AvgIpc) is 3.34. The third kappa shape index (κ3) is 6.03. The summed E-state index contributed by atoms with van der Waals surface area (Å²) >= 11 is 5.10. The number of nitrogens with zero attached hydrogens (tertiary/aromatic N) is 1. The molecule has 3 unspecified atom stereocenters. The fraction of sp³-hybridized carbons (Fsp3) is 0.320. The monoisotopic (exact) mass is 532 g/mol. The number of ether oxygens (including phenoxy) is 2. The molecule has 0 radical (unpaired) electrons. The largest absolute Gasteiger partial charge is 0.489 e. The van der Waals surface area contributed by atoms with Gasteiger partial charge in [0.15, 0.2) is 0 Å². The van der Waals surface area contributed by atoms with Crippen LogP contribution in [0.2, 0.25) is 0 Å². The number of fused-ring (bicyclic) bond motifs is 1. The highest BCUT2D eigenvalue weighted by Crippen LogP contribution is 2.60. The third-order valence-electron chi connectivity index (χ3n) is 6.07. The summed E-state index contributed by atoms with van der Waals surface area (Å²) in [4.78, 5) is 0.321. The summed E-state index contributed by atoms with van der Waals surface area (Å²) in [5.74, 6) is 0.314. The molecule has 1 fully saturated rings. The van der Waals surface area contributed by atoms with Crippen molar-refractivity contribution in [2.45, 2.75) is 18.4 Å². The van der Waals surface area contributed by atoms with Crippen molar-refractivity contribution in [3.05, 3.63) is 71.8 Å². The van der Waals surface area contributed by atoms with Crippen LogP contribution in [0.25, 0.3) is 10.8 Å². The predicted molar refractivity (Wildman–Crippen MR) is 146 cm³/mol. The minimum absolute atomic E-state index is 0.174. The smallest absolute Gasteiger partial charge is 0.374 e. The van der Waals surface area contributed by atoms with Crippen molar-refractivity contribution in [3.63, 3.8) is 0 Å². The molecule has 0 aromatic heterocycles. The van der Waals surface area contributed by atoms with Gasteiger partial charge in [-0.1, -0.05) is 51.3 Å². The zero-order valence-electron chi connectivity index (χ0n) is 20.0. The minimum atomic E-state index is -3.63. The SMILES string of the molecule is COP(=O)(OC)C(Oc1ccc2ccc(C(N)=S)cc2c1)c1ccc(OC2CCN(PC)C2)cc1. The number of hydrogen-bond acceptors (Lipinski definition) is 7. The molecule has 1 heterocycles. The van der Waals surface area contributed by atoms with E-state index >= 15 is 0 Å². The van der Waals surface area contributed by atoms with E-state index in [0.717, 1.165) is 50.3 Å². The van der Waals surface area contributed by atoms with Gasteiger partial charge < -0.3 is 24.3 Å². The molecule has 3 atom stereocenters. The maximum Gasteiger partial charge on any atom is 0.374 e. The van der Waals surface area contributed by atoms with E-state index in [1.165, 1.54) is 14.2 Å². The van der Waals surface area contributed by atoms with Crippen molar-refractivity contribution in [1.82, 2.24) is 4.67 Å². The Morgan fingerprint density at radius 2 is 1.74 bits per heavy atom. The molecule has 10 heteroatoms. The zero-order chi connectivity index (χ0) is 25.0. The number of thiocarbonyl (C=S) groups is 1. The van der Waals surface area contributed by atoms with E-state index < -0.39 is 13.4 Å². The molecule has 1 aliphatic heterocycles. The van der Waals surface area contributed by atoms with Crippen LogP contribution < -0.4 is 15.2 Å². The Labute approximate surface area is 213 Å². The highest BCUT2D eigenvalue weighted by molar-refractivity contribution is 7.80. The predicted octanol–water partition coefficient (Wildman–Crippen LogP) is 5.71. The van der Waals surface area contributed by atoms with Crippen molar-refractivity contribution >= 4 is 44.3 Å². The summed E-state index contributed by atoms with van der Waals surface area (Å²) in [5.41, 5.74) is 7.21. The highest BCUT2D eigenvalue weighted by Gasteiger charge is 2.38. The second-order valence-corrected chi connectivity index (χ2v) is 12.0. The van der Waals surface area contributed by atoms with Gasteiger partial charge in [0.05, 0.1) is 0 Å². The van der Waals surface area contributed by atoms with Crippen LogP contribution in [0.15, 0.2) is 60.7 Å². The Kier molecular flexibility index (Phi) is 8.43. The summed E-state index contributed by atoms with van der Waals surface area (Å²) in [6.45, 7) is 4.18. The van der Waals surface area contributed by atoms with Gasteiger partial charge in [-0.05, 0) is 54.2 Å². The second kappa shape index (κ2) is 11.3. The molecule has 0 aliphatic carbocycles. The van der Waals surface area contributed by atoms with Gasteiger partial charge in [0.2, 0.25) is 5.85 Å². The quantitative estimate of drug-likeness (QED) is 0.263. The lowest BCUT2D eigenvalue weighted by Gasteiger charge is -2.26. The van der Waals surface area contributed by atoms with Crippen molar-refractivity contribution in [2.24, 2.45) is 5.73 Å². The Morgan fingerprint density at radius 3 is 2.37 bits per heavy atom. The Morgan fingerprint density at radius 1 is 1.06 bits per heavy atom. The van der Waals surface area contributed by atoms with E-state index in [2.05, 4.69) is 11.3 Å². The van der Waals surface area contributed by atoms with Crippen LogP contribution in [0.5, 0.6) is 11.5 Å². The van der Waals surface area contributed by atoms with E-state index in [1.54, 1.807) is 0 Å². The van der Waals surface area contributed by atoms with Gasteiger partial charge in [0, 0.05) is 38.4 Å². The lowest BCUT2D eigenvalue weighted by atomic mass is 10.1. The normalized spacial score (nSPS) is 17.7. The van der Waals surface area contributed by atoms with Gasteiger partial charge in [-0.2, -0.15) is 0 Å². The average molecular weight is 533 g/mol. The summed E-state index contributed by atoms with van der Waals surface area (Å²) in [7, 11) is -0.133. The van der Waals surface area contributed by atoms with Crippen molar-refractivity contribution in [2.75, 3.05) is 34.0 Å². The Balaban J connectivity index is 1.59. The topological polar surface area (TPSA) is 83.2 Å². The maximum absolute atomic E-state index is 13.5. The van der Waals surface area contributed by atoms with Crippen molar-refractivity contribution in [1.29, 1.82) is 0 Å². The molecule has 0 amide bonds. The standard InChI is InChI=1S/C25H30N2O5P2S/c1-29-34(28,30-2)25(18-7-9-21(10-8-18)31-23-12-13-27(16-23)33-3)32-22-11-6-17-4-5-19(24(26)35)14-20(17)15-22/h4-11,14-15,23,25,33H,12-13,16H2,1-3H3,(H2,26,35). The van der Waals surface area contributed by atoms with Gasteiger partial charge in [0.25, 0.3) is 0 Å². The summed E-state index contributed by atoms with van der Waals surface area (Å²) < 4.78 is 38.9. The fourth-order valence-corrected chi connectivity index (χ4v) is 6.28. The molecule has 1 aliphatic rings. The molecule has 0 bridgehead atoms. The summed E-state index contributed by atoms with van der Waals surface area (Å²) in [6.07, 6.45) is 1.18. The van der Waals surface area contributed by atoms with Crippen LogP contribution in [-0.2, 0) is 13.6 Å². The first-order valence-electron chi connectivity index (χ1n) is 11.3. The molecular formula is C25H30N2O5P2S. The van der Waals surface area contributed by atoms with Gasteiger partial charge >= 0.3 is 7.60 Å². The van der Waals surface area contributed by atoms with Crippen molar-refractivity contribution < 1.29 is 23.1 Å². The molecule has 1 saturated heterocycles. The first kappa shape index (κ1) is 26.0. The highest BCUT2D eigenvalue weighted by atomic mass is 32.1. The molecule has 3 aromatic carbocycles. The van der Waals surface area contributed by atoms with Crippen LogP contribution in [0.4, 0.5) is 0 Å².